The molecule has 0 saturated heterocycles. The minimum absolute atomic E-state index is 0.0491. The van der Waals surface area contributed by atoms with E-state index in [-0.39, 0.29) is 21.0 Å². The number of alkyl halides is 3. The molecule has 0 aliphatic rings. The molecule has 1 rings (SSSR count). The van der Waals surface area contributed by atoms with Crippen LogP contribution in [0.3, 0.4) is 0 Å². The van der Waals surface area contributed by atoms with E-state index in [1.807, 2.05) is 0 Å². The van der Waals surface area contributed by atoms with Crippen LogP contribution in [0.2, 0.25) is 10.0 Å². The van der Waals surface area contributed by atoms with Gasteiger partial charge < -0.3 is 0 Å². The molecule has 1 aromatic rings. The molecule has 0 aliphatic carbocycles. The predicted molar refractivity (Wildman–Crippen MR) is 68.4 cm³/mol. The molecule has 0 saturated carbocycles. The molecule has 0 N–H and O–H groups in total. The summed E-state index contributed by atoms with van der Waals surface area (Å²) < 4.78 is 49.1. The van der Waals surface area contributed by atoms with Crippen LogP contribution in [0.1, 0.15) is 25.0 Å². The highest BCUT2D eigenvalue weighted by atomic mass is 35.5. The third-order valence-electron chi connectivity index (χ3n) is 2.28. The van der Waals surface area contributed by atoms with Crippen LogP contribution >= 0.6 is 23.2 Å². The van der Waals surface area contributed by atoms with Gasteiger partial charge in [0.25, 0.3) is 0 Å². The Kier molecular flexibility index (Phi) is 5.09. The van der Waals surface area contributed by atoms with Crippen LogP contribution in [-0.4, -0.2) is 9.46 Å². The number of benzene rings is 1. The third-order valence-corrected chi connectivity index (χ3v) is 4.58. The SMILES string of the molecule is CC(C)S(=O)Cc1c(Cl)cc(C(F)(F)F)cc1Cl. The highest BCUT2D eigenvalue weighted by Crippen LogP contribution is 2.36. The second kappa shape index (κ2) is 5.80. The van der Waals surface area contributed by atoms with Gasteiger partial charge in [-0.1, -0.05) is 37.0 Å². The zero-order valence-electron chi connectivity index (χ0n) is 9.65. The van der Waals surface area contributed by atoms with Gasteiger partial charge in [0.15, 0.2) is 0 Å². The third kappa shape index (κ3) is 3.87. The molecule has 7 heteroatoms. The van der Waals surface area contributed by atoms with E-state index < -0.39 is 22.5 Å². The zero-order valence-corrected chi connectivity index (χ0v) is 12.0. The molecule has 0 amide bonds. The highest BCUT2D eigenvalue weighted by Gasteiger charge is 2.32. The van der Waals surface area contributed by atoms with Crippen LogP contribution in [0, 0.1) is 0 Å². The summed E-state index contributed by atoms with van der Waals surface area (Å²) in [7, 11) is -1.22. The lowest BCUT2D eigenvalue weighted by atomic mass is 10.1. The van der Waals surface area contributed by atoms with Crippen LogP contribution in [0.25, 0.3) is 0 Å². The van der Waals surface area contributed by atoms with E-state index in [1.54, 1.807) is 13.8 Å². The van der Waals surface area contributed by atoms with Crippen molar-refractivity contribution in [1.82, 2.24) is 0 Å². The second-order valence-corrected chi connectivity index (χ2v) is 6.80. The first kappa shape index (κ1) is 15.8. The Hall–Kier alpha value is -0.260. The lowest BCUT2D eigenvalue weighted by Crippen LogP contribution is -2.10. The number of hydrogen-bond donors (Lipinski definition) is 0. The van der Waals surface area contributed by atoms with Crippen molar-refractivity contribution in [2.45, 2.75) is 31.0 Å². The number of hydrogen-bond acceptors (Lipinski definition) is 1. The first-order valence-corrected chi connectivity index (χ1v) is 7.19. The topological polar surface area (TPSA) is 17.1 Å². The maximum absolute atomic E-state index is 12.5. The standard InChI is InChI=1S/C11H11Cl2F3OS/c1-6(2)18(17)5-8-9(12)3-7(4-10(8)13)11(14,15)16/h3-4,6H,5H2,1-2H3. The second-order valence-electron chi connectivity index (χ2n) is 3.99. The van der Waals surface area contributed by atoms with Crippen molar-refractivity contribution in [3.05, 3.63) is 33.3 Å². The molecular weight excluding hydrogens is 308 g/mol. The fourth-order valence-electron chi connectivity index (χ4n) is 1.21. The zero-order chi connectivity index (χ0) is 14.1. The summed E-state index contributed by atoms with van der Waals surface area (Å²) in [5, 5.41) is -0.327. The molecule has 1 unspecified atom stereocenters. The van der Waals surface area contributed by atoms with Crippen LogP contribution in [0.5, 0.6) is 0 Å². The molecule has 1 nitrogen and oxygen atoms in total. The van der Waals surface area contributed by atoms with Crippen molar-refractivity contribution < 1.29 is 17.4 Å². The van der Waals surface area contributed by atoms with Gasteiger partial charge in [0, 0.05) is 31.7 Å². The van der Waals surface area contributed by atoms with Crippen molar-refractivity contribution in [2.24, 2.45) is 0 Å². The largest absolute Gasteiger partial charge is 0.416 e. The molecule has 0 fully saturated rings. The fourth-order valence-corrected chi connectivity index (χ4v) is 2.92. The Morgan fingerprint density at radius 2 is 1.67 bits per heavy atom. The smallest absolute Gasteiger partial charge is 0.259 e. The number of rotatable bonds is 3. The van der Waals surface area contributed by atoms with Gasteiger partial charge in [-0.3, -0.25) is 4.21 Å². The summed E-state index contributed by atoms with van der Waals surface area (Å²) >= 11 is 11.5. The van der Waals surface area contributed by atoms with E-state index in [0.29, 0.717) is 5.56 Å². The van der Waals surface area contributed by atoms with E-state index in [9.17, 15) is 17.4 Å². The first-order valence-electron chi connectivity index (χ1n) is 5.05. The lowest BCUT2D eigenvalue weighted by molar-refractivity contribution is -0.137. The van der Waals surface area contributed by atoms with Crippen molar-refractivity contribution in [3.63, 3.8) is 0 Å². The van der Waals surface area contributed by atoms with E-state index in [1.165, 1.54) is 0 Å². The van der Waals surface area contributed by atoms with Crippen LogP contribution in [0.15, 0.2) is 12.1 Å². The average molecular weight is 319 g/mol. The minimum Gasteiger partial charge on any atom is -0.259 e. The van der Waals surface area contributed by atoms with Crippen LogP contribution in [0.4, 0.5) is 13.2 Å². The summed E-state index contributed by atoms with van der Waals surface area (Å²) in [5.74, 6) is 0.0491. The molecule has 18 heavy (non-hydrogen) atoms. The quantitative estimate of drug-likeness (QED) is 0.791. The molecule has 0 heterocycles. The average Bonchev–Trinajstić information content (AvgIpc) is 2.21. The number of halogens is 5. The summed E-state index contributed by atoms with van der Waals surface area (Å²) in [5.41, 5.74) is -0.616. The Morgan fingerprint density at radius 3 is 2.00 bits per heavy atom. The molecule has 0 aliphatic heterocycles. The molecule has 1 aromatic carbocycles. The van der Waals surface area contributed by atoms with Gasteiger partial charge >= 0.3 is 6.18 Å². The Morgan fingerprint density at radius 1 is 1.22 bits per heavy atom. The van der Waals surface area contributed by atoms with Crippen molar-refractivity contribution >= 4 is 34.0 Å². The van der Waals surface area contributed by atoms with Gasteiger partial charge in [-0.15, -0.1) is 0 Å². The molecule has 0 aromatic heterocycles. The Labute approximate surface area is 116 Å². The Balaban J connectivity index is 3.14. The lowest BCUT2D eigenvalue weighted by Gasteiger charge is -2.13. The summed E-state index contributed by atoms with van der Waals surface area (Å²) in [6, 6.07) is 1.61. The van der Waals surface area contributed by atoms with Crippen molar-refractivity contribution in [1.29, 1.82) is 0 Å². The van der Waals surface area contributed by atoms with Gasteiger partial charge in [0.1, 0.15) is 0 Å². The van der Waals surface area contributed by atoms with Gasteiger partial charge in [-0.05, 0) is 12.1 Å². The maximum Gasteiger partial charge on any atom is 0.416 e. The van der Waals surface area contributed by atoms with Gasteiger partial charge in [0.05, 0.1) is 11.3 Å². The molecule has 0 spiro atoms. The molecule has 0 bridgehead atoms. The monoisotopic (exact) mass is 318 g/mol. The van der Waals surface area contributed by atoms with Crippen LogP contribution < -0.4 is 0 Å². The van der Waals surface area contributed by atoms with Gasteiger partial charge in [-0.2, -0.15) is 13.2 Å². The van der Waals surface area contributed by atoms with E-state index >= 15 is 0 Å². The molecule has 1 atom stereocenters. The van der Waals surface area contributed by atoms with Gasteiger partial charge in [-0.25, -0.2) is 0 Å². The minimum atomic E-state index is -4.50. The highest BCUT2D eigenvalue weighted by molar-refractivity contribution is 7.84. The fraction of sp³-hybridized carbons (Fsp3) is 0.455. The summed E-state index contributed by atoms with van der Waals surface area (Å²) in [4.78, 5) is 0. The van der Waals surface area contributed by atoms with Crippen LogP contribution in [-0.2, 0) is 22.7 Å². The molecule has 102 valence electrons. The molecular formula is C11H11Cl2F3OS. The Bertz CT molecular complexity index is 449. The summed E-state index contributed by atoms with van der Waals surface area (Å²) in [6.07, 6.45) is -4.50. The summed E-state index contributed by atoms with van der Waals surface area (Å²) in [6.45, 7) is 3.50. The van der Waals surface area contributed by atoms with E-state index in [0.717, 1.165) is 12.1 Å². The molecule has 0 radical (unpaired) electrons. The van der Waals surface area contributed by atoms with E-state index in [4.69, 9.17) is 23.2 Å². The predicted octanol–water partition coefficient (Wildman–Crippen LogP) is 4.67. The van der Waals surface area contributed by atoms with Crippen molar-refractivity contribution in [3.8, 4) is 0 Å². The maximum atomic E-state index is 12.5. The van der Waals surface area contributed by atoms with E-state index in [2.05, 4.69) is 0 Å². The van der Waals surface area contributed by atoms with Gasteiger partial charge in [0.2, 0.25) is 0 Å². The normalized spacial score (nSPS) is 14.0. The van der Waals surface area contributed by atoms with Crippen molar-refractivity contribution in [2.75, 3.05) is 0 Å². The first-order chi connectivity index (χ1) is 8.12.